The highest BCUT2D eigenvalue weighted by Gasteiger charge is 2.09. The molecule has 0 aliphatic rings. The molecule has 0 unspecified atom stereocenters. The second-order valence-corrected chi connectivity index (χ2v) is 5.47. The van der Waals surface area contributed by atoms with E-state index in [4.69, 9.17) is 5.11 Å². The van der Waals surface area contributed by atoms with Gasteiger partial charge in [0, 0.05) is 11.4 Å². The number of nitrogens with one attached hydrogen (secondary N) is 2. The summed E-state index contributed by atoms with van der Waals surface area (Å²) in [5.41, 5.74) is 0. The number of aryl methyl sites for hydroxylation is 1. The van der Waals surface area contributed by atoms with Gasteiger partial charge in [-0.15, -0.1) is 11.3 Å². The van der Waals surface area contributed by atoms with Gasteiger partial charge in [-0.05, 0) is 12.5 Å². The lowest BCUT2D eigenvalue weighted by atomic mass is 10.3. The van der Waals surface area contributed by atoms with E-state index in [1.165, 1.54) is 11.2 Å². The number of carbonyl (C=O) groups excluding carboxylic acids is 1. The first-order valence-corrected chi connectivity index (χ1v) is 7.37. The minimum atomic E-state index is -0.939. The lowest BCUT2D eigenvalue weighted by molar-refractivity contribution is -0.136. The Hall–Kier alpha value is -2.22. The van der Waals surface area contributed by atoms with E-state index in [1.807, 2.05) is 6.07 Å². The molecule has 2 aromatic heterocycles. The molecule has 0 saturated carbocycles. The van der Waals surface area contributed by atoms with Crippen molar-refractivity contribution in [3.05, 3.63) is 17.3 Å². The van der Waals surface area contributed by atoms with E-state index in [0.717, 1.165) is 16.6 Å². The maximum atomic E-state index is 11.6. The summed E-state index contributed by atoms with van der Waals surface area (Å²) < 4.78 is 0. The van der Waals surface area contributed by atoms with Gasteiger partial charge in [0.15, 0.2) is 0 Å². The van der Waals surface area contributed by atoms with E-state index in [0.29, 0.717) is 5.82 Å². The highest BCUT2D eigenvalue weighted by Crippen LogP contribution is 2.28. The molecule has 0 radical (unpaired) electrons. The van der Waals surface area contributed by atoms with E-state index in [2.05, 4.69) is 27.5 Å². The van der Waals surface area contributed by atoms with Crippen molar-refractivity contribution in [3.8, 4) is 0 Å². The van der Waals surface area contributed by atoms with Gasteiger partial charge in [0.2, 0.25) is 5.91 Å². The van der Waals surface area contributed by atoms with Gasteiger partial charge in [-0.3, -0.25) is 9.59 Å². The molecular formula is C13H16N4O3S. The Bertz CT molecular complexity index is 656. The van der Waals surface area contributed by atoms with Gasteiger partial charge in [-0.25, -0.2) is 9.97 Å². The van der Waals surface area contributed by atoms with Crippen molar-refractivity contribution >= 4 is 39.2 Å². The minimum Gasteiger partial charge on any atom is -0.481 e. The van der Waals surface area contributed by atoms with E-state index < -0.39 is 5.97 Å². The van der Waals surface area contributed by atoms with E-state index >= 15 is 0 Å². The van der Waals surface area contributed by atoms with Crippen LogP contribution in [0.2, 0.25) is 0 Å². The van der Waals surface area contributed by atoms with Crippen molar-refractivity contribution in [1.29, 1.82) is 0 Å². The number of hydrogen-bond donors (Lipinski definition) is 3. The Kier molecular flexibility index (Phi) is 5.04. The third-order valence-corrected chi connectivity index (χ3v) is 3.99. The SMILES string of the molecule is CCc1cc2c(NCC(=O)NCCC(=O)O)ncnc2s1. The molecule has 2 aromatic rings. The summed E-state index contributed by atoms with van der Waals surface area (Å²) >= 11 is 1.61. The lowest BCUT2D eigenvalue weighted by Crippen LogP contribution is -2.31. The number of carbonyl (C=O) groups is 2. The molecule has 0 saturated heterocycles. The van der Waals surface area contributed by atoms with E-state index in [-0.39, 0.29) is 25.4 Å². The summed E-state index contributed by atoms with van der Waals surface area (Å²) in [7, 11) is 0. The van der Waals surface area contributed by atoms with Crippen LogP contribution in [0, 0.1) is 0 Å². The number of carboxylic acids is 1. The maximum Gasteiger partial charge on any atom is 0.305 e. The minimum absolute atomic E-state index is 0.0447. The summed E-state index contributed by atoms with van der Waals surface area (Å²) in [6.45, 7) is 2.23. The van der Waals surface area contributed by atoms with Crippen LogP contribution in [-0.4, -0.2) is 40.0 Å². The van der Waals surface area contributed by atoms with Gasteiger partial charge >= 0.3 is 5.97 Å². The first-order valence-electron chi connectivity index (χ1n) is 6.56. The zero-order valence-corrected chi connectivity index (χ0v) is 12.4. The normalized spacial score (nSPS) is 10.5. The van der Waals surface area contributed by atoms with Crippen molar-refractivity contribution in [2.24, 2.45) is 0 Å². The number of hydrogen-bond acceptors (Lipinski definition) is 6. The highest BCUT2D eigenvalue weighted by atomic mass is 32.1. The van der Waals surface area contributed by atoms with Crippen LogP contribution in [0.4, 0.5) is 5.82 Å². The molecule has 2 rings (SSSR count). The van der Waals surface area contributed by atoms with Crippen LogP contribution in [0.5, 0.6) is 0 Å². The van der Waals surface area contributed by atoms with Crippen LogP contribution >= 0.6 is 11.3 Å². The smallest absolute Gasteiger partial charge is 0.305 e. The zero-order valence-electron chi connectivity index (χ0n) is 11.5. The number of rotatable bonds is 7. The monoisotopic (exact) mass is 308 g/mol. The summed E-state index contributed by atoms with van der Waals surface area (Å²) in [5, 5.41) is 14.9. The van der Waals surface area contributed by atoms with Crippen molar-refractivity contribution < 1.29 is 14.7 Å². The molecule has 0 spiro atoms. The molecule has 0 fully saturated rings. The van der Waals surface area contributed by atoms with Crippen molar-refractivity contribution in [2.45, 2.75) is 19.8 Å². The zero-order chi connectivity index (χ0) is 15.2. The van der Waals surface area contributed by atoms with Crippen molar-refractivity contribution in [2.75, 3.05) is 18.4 Å². The molecular weight excluding hydrogens is 292 g/mol. The van der Waals surface area contributed by atoms with Crippen molar-refractivity contribution in [1.82, 2.24) is 15.3 Å². The molecule has 3 N–H and O–H groups in total. The van der Waals surface area contributed by atoms with Gasteiger partial charge in [0.25, 0.3) is 0 Å². The molecule has 1 amide bonds. The fourth-order valence-electron chi connectivity index (χ4n) is 1.76. The quantitative estimate of drug-likeness (QED) is 0.711. The molecule has 21 heavy (non-hydrogen) atoms. The Morgan fingerprint density at radius 3 is 2.90 bits per heavy atom. The number of aromatic nitrogens is 2. The van der Waals surface area contributed by atoms with Gasteiger partial charge in [-0.1, -0.05) is 6.92 Å². The second-order valence-electron chi connectivity index (χ2n) is 4.35. The summed E-state index contributed by atoms with van der Waals surface area (Å²) in [5.74, 6) is -0.593. The predicted molar refractivity (Wildman–Crippen MR) is 80.5 cm³/mol. The Morgan fingerprint density at radius 1 is 1.38 bits per heavy atom. The molecule has 2 heterocycles. The number of thiophene rings is 1. The average molecular weight is 308 g/mol. The molecule has 0 aliphatic carbocycles. The molecule has 7 nitrogen and oxygen atoms in total. The number of fused-ring (bicyclic) bond motifs is 1. The Balaban J connectivity index is 1.95. The topological polar surface area (TPSA) is 104 Å². The summed E-state index contributed by atoms with van der Waals surface area (Å²) in [4.78, 5) is 32.4. The third-order valence-electron chi connectivity index (χ3n) is 2.81. The van der Waals surface area contributed by atoms with Crippen LogP contribution in [0.3, 0.4) is 0 Å². The Labute approximate surface area is 125 Å². The van der Waals surface area contributed by atoms with Gasteiger partial charge in [0.05, 0.1) is 18.4 Å². The van der Waals surface area contributed by atoms with Crippen LogP contribution < -0.4 is 10.6 Å². The summed E-state index contributed by atoms with van der Waals surface area (Å²) in [6, 6.07) is 2.02. The molecule has 0 aliphatic heterocycles. The standard InChI is InChI=1S/C13H16N4O3S/c1-2-8-5-9-12(16-7-17-13(9)21-8)15-6-10(18)14-4-3-11(19)20/h5,7H,2-4,6H2,1H3,(H,14,18)(H,19,20)(H,15,16,17). The largest absolute Gasteiger partial charge is 0.481 e. The fraction of sp³-hybridized carbons (Fsp3) is 0.385. The third kappa shape index (κ3) is 4.12. The summed E-state index contributed by atoms with van der Waals surface area (Å²) in [6.07, 6.45) is 2.30. The first kappa shape index (κ1) is 15.2. The number of amides is 1. The second kappa shape index (κ2) is 6.98. The number of anilines is 1. The van der Waals surface area contributed by atoms with Crippen LogP contribution in [0.25, 0.3) is 10.2 Å². The van der Waals surface area contributed by atoms with E-state index in [9.17, 15) is 9.59 Å². The molecule has 112 valence electrons. The molecule has 8 heteroatoms. The lowest BCUT2D eigenvalue weighted by Gasteiger charge is -2.06. The van der Waals surface area contributed by atoms with E-state index in [1.54, 1.807) is 11.3 Å². The molecule has 0 aromatic carbocycles. The maximum absolute atomic E-state index is 11.6. The molecule has 0 bridgehead atoms. The number of carboxylic acid groups (broad SMARTS) is 1. The van der Waals surface area contributed by atoms with Crippen LogP contribution in [0.1, 0.15) is 18.2 Å². The fourth-order valence-corrected chi connectivity index (χ4v) is 2.69. The average Bonchev–Trinajstić information content (AvgIpc) is 2.88. The van der Waals surface area contributed by atoms with Crippen LogP contribution in [-0.2, 0) is 16.0 Å². The number of nitrogens with zero attached hydrogens (tertiary/aromatic N) is 2. The van der Waals surface area contributed by atoms with Crippen molar-refractivity contribution in [3.63, 3.8) is 0 Å². The highest BCUT2D eigenvalue weighted by molar-refractivity contribution is 7.18. The van der Waals surface area contributed by atoms with Gasteiger partial charge < -0.3 is 15.7 Å². The molecule has 0 atom stereocenters. The first-order chi connectivity index (χ1) is 10.1. The van der Waals surface area contributed by atoms with Gasteiger partial charge in [0.1, 0.15) is 17.0 Å². The predicted octanol–water partition coefficient (Wildman–Crippen LogP) is 1.26. The van der Waals surface area contributed by atoms with Gasteiger partial charge in [-0.2, -0.15) is 0 Å². The van der Waals surface area contributed by atoms with Crippen LogP contribution in [0.15, 0.2) is 12.4 Å². The Morgan fingerprint density at radius 2 is 2.19 bits per heavy atom. The number of aliphatic carboxylic acids is 1.